The molecule has 15 heavy (non-hydrogen) atoms. The van der Waals surface area contributed by atoms with Crippen LogP contribution in [0.3, 0.4) is 0 Å². The minimum atomic E-state index is -0.0894. The summed E-state index contributed by atoms with van der Waals surface area (Å²) in [6, 6.07) is 3.45. The van der Waals surface area contributed by atoms with Crippen LogP contribution < -0.4 is 10.1 Å². The zero-order chi connectivity index (χ0) is 10.8. The van der Waals surface area contributed by atoms with E-state index in [0.29, 0.717) is 23.5 Å². The molecule has 0 atom stereocenters. The van der Waals surface area contributed by atoms with E-state index in [1.807, 2.05) is 0 Å². The molecule has 0 saturated heterocycles. The van der Waals surface area contributed by atoms with Crippen molar-refractivity contribution in [1.82, 2.24) is 5.32 Å². The Kier molecular flexibility index (Phi) is 2.49. The number of aliphatic imine (C=N–C) groups is 1. The monoisotopic (exact) mass is 220 g/mol. The lowest BCUT2D eigenvalue weighted by Crippen LogP contribution is -2.12. The average Bonchev–Trinajstić information content (AvgIpc) is 2.60. The van der Waals surface area contributed by atoms with Gasteiger partial charge in [0.05, 0.1) is 12.3 Å². The number of nitrogens with one attached hydrogen (secondary N) is 1. The van der Waals surface area contributed by atoms with Gasteiger partial charge in [-0.2, -0.15) is 4.99 Å². The largest absolute Gasteiger partial charge is 0.494 e. The van der Waals surface area contributed by atoms with Crippen molar-refractivity contribution in [2.24, 2.45) is 4.99 Å². The molecule has 1 aliphatic rings. The van der Waals surface area contributed by atoms with Crippen molar-refractivity contribution >= 4 is 29.0 Å². The maximum Gasteiger partial charge on any atom is 0.251 e. The number of fused-ring (bicyclic) bond motifs is 1. The number of nitrogens with zero attached hydrogens (tertiary/aromatic N) is 1. The maximum atomic E-state index is 11.4. The highest BCUT2D eigenvalue weighted by molar-refractivity contribution is 7.78. The van der Waals surface area contributed by atoms with Crippen molar-refractivity contribution in [2.45, 2.75) is 6.54 Å². The van der Waals surface area contributed by atoms with Gasteiger partial charge in [0.25, 0.3) is 5.91 Å². The summed E-state index contributed by atoms with van der Waals surface area (Å²) in [5.74, 6) is 0.510. The first-order valence-electron chi connectivity index (χ1n) is 4.33. The van der Waals surface area contributed by atoms with E-state index in [-0.39, 0.29) is 5.91 Å². The van der Waals surface area contributed by atoms with Crippen LogP contribution in [0.4, 0.5) is 5.69 Å². The smallest absolute Gasteiger partial charge is 0.251 e. The molecule has 2 rings (SSSR count). The molecule has 1 N–H and O–H groups in total. The Hall–Kier alpha value is -1.71. The van der Waals surface area contributed by atoms with Gasteiger partial charge in [-0.1, -0.05) is 0 Å². The van der Waals surface area contributed by atoms with E-state index in [1.54, 1.807) is 19.2 Å². The van der Waals surface area contributed by atoms with Gasteiger partial charge in [-0.05, 0) is 29.9 Å². The second-order valence-corrected chi connectivity index (χ2v) is 3.25. The number of rotatable bonds is 2. The minimum absolute atomic E-state index is 0.0894. The van der Waals surface area contributed by atoms with E-state index < -0.39 is 0 Å². The SMILES string of the molecule is COc1cc2c(cc1N=C=S)C(=O)NC2. The summed E-state index contributed by atoms with van der Waals surface area (Å²) < 4.78 is 5.14. The number of isothiocyanates is 1. The number of benzene rings is 1. The predicted molar refractivity (Wildman–Crippen MR) is 58.9 cm³/mol. The van der Waals surface area contributed by atoms with Crippen molar-refractivity contribution in [1.29, 1.82) is 0 Å². The number of methoxy groups -OCH3 is 1. The molecule has 1 heterocycles. The Bertz CT molecular complexity index is 479. The third-order valence-electron chi connectivity index (χ3n) is 2.25. The molecule has 1 aromatic carbocycles. The zero-order valence-electron chi connectivity index (χ0n) is 8.03. The van der Waals surface area contributed by atoms with Gasteiger partial charge in [0.2, 0.25) is 0 Å². The fourth-order valence-corrected chi connectivity index (χ4v) is 1.64. The molecule has 1 aliphatic heterocycles. The summed E-state index contributed by atoms with van der Waals surface area (Å²) >= 11 is 4.53. The fourth-order valence-electron chi connectivity index (χ4n) is 1.54. The van der Waals surface area contributed by atoms with Crippen LogP contribution in [-0.4, -0.2) is 18.2 Å². The molecule has 0 radical (unpaired) electrons. The number of amides is 1. The van der Waals surface area contributed by atoms with Crippen LogP contribution in [0.2, 0.25) is 0 Å². The van der Waals surface area contributed by atoms with Gasteiger partial charge in [-0.25, -0.2) is 0 Å². The second kappa shape index (κ2) is 3.81. The highest BCUT2D eigenvalue weighted by Gasteiger charge is 2.21. The summed E-state index contributed by atoms with van der Waals surface area (Å²) in [5.41, 5.74) is 2.07. The molecule has 1 aromatic rings. The topological polar surface area (TPSA) is 50.7 Å². The highest BCUT2D eigenvalue weighted by atomic mass is 32.1. The van der Waals surface area contributed by atoms with E-state index in [9.17, 15) is 4.79 Å². The molecule has 0 aromatic heterocycles. The number of hydrogen-bond donors (Lipinski definition) is 1. The normalized spacial score (nSPS) is 12.7. The number of carbonyl (C=O) groups is 1. The van der Waals surface area contributed by atoms with Gasteiger partial charge in [0.1, 0.15) is 11.4 Å². The van der Waals surface area contributed by atoms with Crippen LogP contribution in [0.25, 0.3) is 0 Å². The van der Waals surface area contributed by atoms with Gasteiger partial charge in [-0.15, -0.1) is 0 Å². The molecule has 4 nitrogen and oxygen atoms in total. The van der Waals surface area contributed by atoms with Gasteiger partial charge >= 0.3 is 0 Å². The van der Waals surface area contributed by atoms with Crippen LogP contribution in [0.1, 0.15) is 15.9 Å². The van der Waals surface area contributed by atoms with E-state index in [4.69, 9.17) is 4.74 Å². The lowest BCUT2D eigenvalue weighted by atomic mass is 10.1. The number of thiocarbonyl (C=S) groups is 1. The molecule has 0 spiro atoms. The molecule has 0 fully saturated rings. The third kappa shape index (κ3) is 1.63. The lowest BCUT2D eigenvalue weighted by molar-refractivity contribution is 0.0966. The molecular weight excluding hydrogens is 212 g/mol. The van der Waals surface area contributed by atoms with Crippen molar-refractivity contribution in [2.75, 3.05) is 7.11 Å². The van der Waals surface area contributed by atoms with Crippen molar-refractivity contribution in [3.63, 3.8) is 0 Å². The maximum absolute atomic E-state index is 11.4. The van der Waals surface area contributed by atoms with Gasteiger partial charge in [0.15, 0.2) is 0 Å². The Morgan fingerprint density at radius 2 is 2.40 bits per heavy atom. The van der Waals surface area contributed by atoms with E-state index in [1.165, 1.54) is 0 Å². The van der Waals surface area contributed by atoms with Crippen molar-refractivity contribution < 1.29 is 9.53 Å². The van der Waals surface area contributed by atoms with E-state index in [0.717, 1.165) is 5.56 Å². The molecule has 5 heteroatoms. The van der Waals surface area contributed by atoms with Crippen LogP contribution in [0.5, 0.6) is 5.75 Å². The van der Waals surface area contributed by atoms with Gasteiger partial charge < -0.3 is 10.1 Å². The highest BCUT2D eigenvalue weighted by Crippen LogP contribution is 2.32. The summed E-state index contributed by atoms with van der Waals surface area (Å²) in [6.45, 7) is 0.534. The first-order valence-corrected chi connectivity index (χ1v) is 4.74. The van der Waals surface area contributed by atoms with Crippen LogP contribution in [0.15, 0.2) is 17.1 Å². The Labute approximate surface area is 92.0 Å². The molecule has 0 saturated carbocycles. The second-order valence-electron chi connectivity index (χ2n) is 3.07. The van der Waals surface area contributed by atoms with Crippen LogP contribution in [-0.2, 0) is 6.54 Å². The molecule has 76 valence electrons. The summed E-state index contributed by atoms with van der Waals surface area (Å²) in [4.78, 5) is 15.2. The van der Waals surface area contributed by atoms with Gasteiger partial charge in [-0.3, -0.25) is 4.79 Å². The Balaban J connectivity index is 2.61. The summed E-state index contributed by atoms with van der Waals surface area (Å²) in [5, 5.41) is 4.98. The first-order chi connectivity index (χ1) is 7.26. The summed E-state index contributed by atoms with van der Waals surface area (Å²) in [6.07, 6.45) is 0. The van der Waals surface area contributed by atoms with Crippen LogP contribution in [0, 0.1) is 0 Å². The molecule has 1 amide bonds. The van der Waals surface area contributed by atoms with E-state index in [2.05, 4.69) is 27.7 Å². The first kappa shape index (κ1) is 9.83. The quantitative estimate of drug-likeness (QED) is 0.609. The molecule has 0 bridgehead atoms. The van der Waals surface area contributed by atoms with Crippen LogP contribution >= 0.6 is 12.2 Å². The molecule has 0 aliphatic carbocycles. The molecule has 0 unspecified atom stereocenters. The minimum Gasteiger partial charge on any atom is -0.494 e. The number of carbonyl (C=O) groups excluding carboxylic acids is 1. The number of hydrogen-bond acceptors (Lipinski definition) is 4. The lowest BCUT2D eigenvalue weighted by Gasteiger charge is -2.05. The summed E-state index contributed by atoms with van der Waals surface area (Å²) in [7, 11) is 1.55. The van der Waals surface area contributed by atoms with Crippen molar-refractivity contribution in [3.05, 3.63) is 23.3 Å². The fraction of sp³-hybridized carbons (Fsp3) is 0.200. The third-order valence-corrected chi connectivity index (χ3v) is 2.35. The predicted octanol–water partition coefficient (Wildman–Crippen LogP) is 1.67. The van der Waals surface area contributed by atoms with E-state index >= 15 is 0 Å². The Morgan fingerprint density at radius 1 is 1.60 bits per heavy atom. The van der Waals surface area contributed by atoms with Crippen molar-refractivity contribution in [3.8, 4) is 5.75 Å². The standard InChI is InChI=1S/C10H8N2O2S/c1-14-9-2-6-4-11-10(13)7(6)3-8(9)12-5-15/h2-3H,4H2,1H3,(H,11,13). The zero-order valence-corrected chi connectivity index (χ0v) is 8.85. The number of ether oxygens (including phenoxy) is 1. The average molecular weight is 220 g/mol. The molecular formula is C10H8N2O2S. The van der Waals surface area contributed by atoms with Gasteiger partial charge in [0, 0.05) is 12.1 Å². The Morgan fingerprint density at radius 3 is 3.07 bits per heavy atom.